The first-order valence-electron chi connectivity index (χ1n) is 10.4. The quantitative estimate of drug-likeness (QED) is 0.326. The summed E-state index contributed by atoms with van der Waals surface area (Å²) in [6, 6.07) is 13.4. The fourth-order valence-electron chi connectivity index (χ4n) is 3.40. The zero-order chi connectivity index (χ0) is 24.3. The number of pyridine rings is 1. The van der Waals surface area contributed by atoms with Crippen LogP contribution in [-0.2, 0) is 21.2 Å². The molecule has 0 aliphatic heterocycles. The van der Waals surface area contributed by atoms with E-state index in [1.165, 1.54) is 35.5 Å². The smallest absolute Gasteiger partial charge is 0.230 e. The van der Waals surface area contributed by atoms with Crippen LogP contribution in [0.3, 0.4) is 0 Å². The van der Waals surface area contributed by atoms with Gasteiger partial charge in [0.05, 0.1) is 34.5 Å². The summed E-state index contributed by atoms with van der Waals surface area (Å²) in [4.78, 5) is 23.8. The molecule has 7 nitrogen and oxygen atoms in total. The molecule has 4 aromatic rings. The molecule has 10 heteroatoms. The standard InChI is InChI=1S/C24H22ClN3O4S2/c1-16-20(25)9-10-21-23(16)27-24(33-21)28(15-17-4-3-12-26-14-17)22(29)11-13-34(30,31)19-7-5-18(32-2)6-8-19/h3-10,12,14H,11,13,15H2,1-2H3. The number of hydrogen-bond donors (Lipinski definition) is 0. The van der Waals surface area contributed by atoms with Gasteiger partial charge in [-0.25, -0.2) is 13.4 Å². The molecule has 0 aliphatic carbocycles. The number of carbonyl (C=O) groups excluding carboxylic acids is 1. The lowest BCUT2D eigenvalue weighted by Gasteiger charge is -2.20. The van der Waals surface area contributed by atoms with Crippen LogP contribution in [0.15, 0.2) is 65.8 Å². The zero-order valence-electron chi connectivity index (χ0n) is 18.6. The summed E-state index contributed by atoms with van der Waals surface area (Å²) >= 11 is 7.61. The van der Waals surface area contributed by atoms with E-state index in [0.29, 0.717) is 15.9 Å². The van der Waals surface area contributed by atoms with Crippen LogP contribution in [0.2, 0.25) is 5.02 Å². The normalized spacial score (nSPS) is 11.5. The van der Waals surface area contributed by atoms with Crippen molar-refractivity contribution in [3.63, 3.8) is 0 Å². The molecule has 1 amide bonds. The summed E-state index contributed by atoms with van der Waals surface area (Å²) in [6.07, 6.45) is 3.13. The van der Waals surface area contributed by atoms with E-state index in [2.05, 4.69) is 9.97 Å². The number of aryl methyl sites for hydroxylation is 1. The van der Waals surface area contributed by atoms with E-state index in [4.69, 9.17) is 16.3 Å². The maximum absolute atomic E-state index is 13.3. The number of hydrogen-bond acceptors (Lipinski definition) is 7. The number of ether oxygens (including phenoxy) is 1. The van der Waals surface area contributed by atoms with Gasteiger partial charge in [0.15, 0.2) is 15.0 Å². The van der Waals surface area contributed by atoms with Gasteiger partial charge in [-0.1, -0.05) is 29.0 Å². The number of sulfone groups is 1. The van der Waals surface area contributed by atoms with Crippen LogP contribution in [0.4, 0.5) is 5.13 Å². The fourth-order valence-corrected chi connectivity index (χ4v) is 5.82. The Labute approximate surface area is 206 Å². The highest BCUT2D eigenvalue weighted by Crippen LogP contribution is 2.34. The lowest BCUT2D eigenvalue weighted by molar-refractivity contribution is -0.118. The van der Waals surface area contributed by atoms with Crippen LogP contribution in [0.25, 0.3) is 10.2 Å². The van der Waals surface area contributed by atoms with Gasteiger partial charge in [0.25, 0.3) is 0 Å². The molecule has 2 aromatic heterocycles. The van der Waals surface area contributed by atoms with Crippen LogP contribution < -0.4 is 9.64 Å². The van der Waals surface area contributed by atoms with E-state index in [1.807, 2.05) is 19.1 Å². The topological polar surface area (TPSA) is 89.5 Å². The van der Waals surface area contributed by atoms with Crippen LogP contribution in [-0.4, -0.2) is 37.2 Å². The molecule has 0 saturated carbocycles. The van der Waals surface area contributed by atoms with Gasteiger partial charge in [0, 0.05) is 23.8 Å². The number of anilines is 1. The van der Waals surface area contributed by atoms with Gasteiger partial charge >= 0.3 is 0 Å². The number of halogens is 1. The Hall–Kier alpha value is -3.01. The van der Waals surface area contributed by atoms with E-state index in [0.717, 1.165) is 21.3 Å². The third-order valence-corrected chi connectivity index (χ3v) is 8.52. The number of fused-ring (bicyclic) bond motifs is 1. The molecule has 0 bridgehead atoms. The van der Waals surface area contributed by atoms with Crippen LogP contribution in [0, 0.1) is 6.92 Å². The van der Waals surface area contributed by atoms with Crippen molar-refractivity contribution in [1.29, 1.82) is 0 Å². The molecule has 0 unspecified atom stereocenters. The van der Waals surface area contributed by atoms with E-state index in [-0.39, 0.29) is 29.5 Å². The van der Waals surface area contributed by atoms with Crippen molar-refractivity contribution in [1.82, 2.24) is 9.97 Å². The molecule has 0 spiro atoms. The maximum atomic E-state index is 13.3. The number of rotatable bonds is 8. The molecule has 0 saturated heterocycles. The molecule has 0 N–H and O–H groups in total. The molecular weight excluding hydrogens is 494 g/mol. The number of nitrogens with zero attached hydrogens (tertiary/aromatic N) is 3. The van der Waals surface area contributed by atoms with Crippen molar-refractivity contribution < 1.29 is 17.9 Å². The average Bonchev–Trinajstić information content (AvgIpc) is 3.29. The maximum Gasteiger partial charge on any atom is 0.230 e. The Kier molecular flexibility index (Phi) is 7.16. The van der Waals surface area contributed by atoms with Gasteiger partial charge in [-0.3, -0.25) is 14.7 Å². The number of thiazole rings is 1. The van der Waals surface area contributed by atoms with Crippen molar-refractivity contribution in [2.75, 3.05) is 17.8 Å². The van der Waals surface area contributed by atoms with Crippen molar-refractivity contribution in [3.05, 3.63) is 77.1 Å². The Morgan fingerprint density at radius 2 is 1.91 bits per heavy atom. The second-order valence-corrected chi connectivity index (χ2v) is 11.1. The Bertz CT molecular complexity index is 1420. The van der Waals surface area contributed by atoms with Gasteiger partial charge in [-0.05, 0) is 60.5 Å². The fraction of sp³-hybridized carbons (Fsp3) is 0.208. The minimum absolute atomic E-state index is 0.144. The molecule has 2 aromatic carbocycles. The number of benzene rings is 2. The van der Waals surface area contributed by atoms with E-state index >= 15 is 0 Å². The SMILES string of the molecule is COc1ccc(S(=O)(=O)CCC(=O)N(Cc2cccnc2)c2nc3c(C)c(Cl)ccc3s2)cc1. The second-order valence-electron chi connectivity index (χ2n) is 7.60. The molecule has 2 heterocycles. The lowest BCUT2D eigenvalue weighted by Crippen LogP contribution is -2.31. The van der Waals surface area contributed by atoms with Crippen molar-refractivity contribution in [3.8, 4) is 5.75 Å². The summed E-state index contributed by atoms with van der Waals surface area (Å²) in [5.74, 6) is -0.107. The third kappa shape index (κ3) is 5.22. The predicted octanol–water partition coefficient (Wildman–Crippen LogP) is 5.06. The summed E-state index contributed by atoms with van der Waals surface area (Å²) in [6.45, 7) is 2.10. The first-order chi connectivity index (χ1) is 16.3. The largest absolute Gasteiger partial charge is 0.497 e. The first-order valence-corrected chi connectivity index (χ1v) is 13.2. The molecule has 176 valence electrons. The second kappa shape index (κ2) is 10.1. The minimum atomic E-state index is -3.66. The van der Waals surface area contributed by atoms with Crippen molar-refractivity contribution in [2.45, 2.75) is 24.8 Å². The highest BCUT2D eigenvalue weighted by molar-refractivity contribution is 7.91. The highest BCUT2D eigenvalue weighted by atomic mass is 35.5. The molecule has 0 radical (unpaired) electrons. The molecular formula is C24H22ClN3O4S2. The van der Waals surface area contributed by atoms with Crippen LogP contribution in [0.5, 0.6) is 5.75 Å². The molecule has 0 fully saturated rings. The highest BCUT2D eigenvalue weighted by Gasteiger charge is 2.24. The van der Waals surface area contributed by atoms with E-state index in [1.54, 1.807) is 36.7 Å². The van der Waals surface area contributed by atoms with Crippen LogP contribution in [0.1, 0.15) is 17.5 Å². The van der Waals surface area contributed by atoms with Gasteiger partial charge in [-0.15, -0.1) is 0 Å². The first kappa shape index (κ1) is 24.1. The van der Waals surface area contributed by atoms with E-state index in [9.17, 15) is 13.2 Å². The molecule has 4 rings (SSSR count). The number of methoxy groups -OCH3 is 1. The predicted molar refractivity (Wildman–Crippen MR) is 134 cm³/mol. The van der Waals surface area contributed by atoms with Crippen molar-refractivity contribution >= 4 is 54.0 Å². The summed E-state index contributed by atoms with van der Waals surface area (Å²) < 4.78 is 31.6. The Morgan fingerprint density at radius 1 is 1.15 bits per heavy atom. The monoisotopic (exact) mass is 515 g/mol. The lowest BCUT2D eigenvalue weighted by atomic mass is 10.2. The molecule has 0 aliphatic rings. The summed E-state index contributed by atoms with van der Waals surface area (Å²) in [5, 5.41) is 1.08. The number of aromatic nitrogens is 2. The van der Waals surface area contributed by atoms with Crippen LogP contribution >= 0.6 is 22.9 Å². The zero-order valence-corrected chi connectivity index (χ0v) is 21.0. The van der Waals surface area contributed by atoms with Gasteiger partial charge in [-0.2, -0.15) is 0 Å². The summed E-state index contributed by atoms with van der Waals surface area (Å²) in [5.41, 5.74) is 2.36. The van der Waals surface area contributed by atoms with Gasteiger partial charge in [0.2, 0.25) is 5.91 Å². The van der Waals surface area contributed by atoms with Crippen molar-refractivity contribution in [2.24, 2.45) is 0 Å². The van der Waals surface area contributed by atoms with Gasteiger partial charge in [0.1, 0.15) is 5.75 Å². The van der Waals surface area contributed by atoms with E-state index < -0.39 is 9.84 Å². The third-order valence-electron chi connectivity index (χ3n) is 5.34. The minimum Gasteiger partial charge on any atom is -0.497 e. The number of carbonyl (C=O) groups is 1. The Balaban J connectivity index is 1.61. The van der Waals surface area contributed by atoms with Gasteiger partial charge < -0.3 is 4.74 Å². The molecule has 34 heavy (non-hydrogen) atoms. The Morgan fingerprint density at radius 3 is 2.59 bits per heavy atom. The molecule has 0 atom stereocenters. The summed E-state index contributed by atoms with van der Waals surface area (Å²) in [7, 11) is -2.15. The average molecular weight is 516 g/mol. The number of amides is 1.